The van der Waals surface area contributed by atoms with E-state index in [0.29, 0.717) is 11.5 Å². The van der Waals surface area contributed by atoms with E-state index in [4.69, 9.17) is 5.26 Å². The van der Waals surface area contributed by atoms with E-state index in [9.17, 15) is 0 Å². The Morgan fingerprint density at radius 3 is 2.47 bits per heavy atom. The highest BCUT2D eigenvalue weighted by atomic mass is 15.3. The number of rotatable bonds is 1. The quantitative estimate of drug-likeness (QED) is 0.691. The molecule has 0 spiro atoms. The van der Waals surface area contributed by atoms with Gasteiger partial charge in [0.15, 0.2) is 0 Å². The summed E-state index contributed by atoms with van der Waals surface area (Å²) in [7, 11) is 0. The van der Waals surface area contributed by atoms with Crippen molar-refractivity contribution in [3.8, 4) is 12.0 Å². The topological polar surface area (TPSA) is 67.4 Å². The van der Waals surface area contributed by atoms with Crippen LogP contribution in [0.1, 0.15) is 17.0 Å². The van der Waals surface area contributed by atoms with Gasteiger partial charge >= 0.3 is 0 Å². The molecule has 15 heavy (non-hydrogen) atoms. The molecule has 5 heteroatoms. The molecule has 0 amide bonds. The van der Waals surface area contributed by atoms with Crippen molar-refractivity contribution in [2.75, 3.05) is 0 Å². The summed E-state index contributed by atoms with van der Waals surface area (Å²) < 4.78 is 1.50. The maximum absolute atomic E-state index is 8.66. The van der Waals surface area contributed by atoms with Gasteiger partial charge in [-0.2, -0.15) is 10.4 Å². The Bertz CT molecular complexity index is 515. The molecular weight excluding hydrogens is 190 g/mol. The Morgan fingerprint density at radius 1 is 1.27 bits per heavy atom. The van der Waals surface area contributed by atoms with Gasteiger partial charge < -0.3 is 0 Å². The molecule has 0 aliphatic rings. The molecule has 0 saturated heterocycles. The van der Waals surface area contributed by atoms with E-state index >= 15 is 0 Å². The Kier molecular flexibility index (Phi) is 2.18. The highest BCUT2D eigenvalue weighted by Crippen LogP contribution is 2.05. The fourth-order valence-corrected chi connectivity index (χ4v) is 1.30. The van der Waals surface area contributed by atoms with Gasteiger partial charge in [0.05, 0.1) is 18.0 Å². The maximum Gasteiger partial charge on any atom is 0.250 e. The molecule has 0 bridgehead atoms. The first-order chi connectivity index (χ1) is 7.19. The van der Waals surface area contributed by atoms with Crippen LogP contribution >= 0.6 is 0 Å². The molecule has 5 nitrogen and oxygen atoms in total. The van der Waals surface area contributed by atoms with Crippen molar-refractivity contribution in [3.63, 3.8) is 0 Å². The van der Waals surface area contributed by atoms with Crippen molar-refractivity contribution < 1.29 is 0 Å². The number of nitrogens with zero attached hydrogens (tertiary/aromatic N) is 5. The predicted octanol–water partition coefficient (Wildman–Crippen LogP) is 1.15. The third kappa shape index (κ3) is 1.83. The zero-order chi connectivity index (χ0) is 10.8. The van der Waals surface area contributed by atoms with Gasteiger partial charge in [-0.15, -0.1) is 0 Å². The lowest BCUT2D eigenvalue weighted by atomic mass is 10.4. The normalized spacial score (nSPS) is 9.93. The molecule has 0 N–H and O–H groups in total. The second kappa shape index (κ2) is 3.50. The summed E-state index contributed by atoms with van der Waals surface area (Å²) in [5.74, 6) is 0.494. The van der Waals surface area contributed by atoms with Crippen molar-refractivity contribution in [1.82, 2.24) is 19.7 Å². The molecule has 2 rings (SSSR count). The van der Waals surface area contributed by atoms with Crippen LogP contribution in [0.2, 0.25) is 0 Å². The molecular formula is C10H9N5. The minimum atomic E-state index is 0.494. The molecule has 0 aliphatic carbocycles. The van der Waals surface area contributed by atoms with E-state index in [1.807, 2.05) is 26.0 Å². The van der Waals surface area contributed by atoms with E-state index < -0.39 is 0 Å². The summed E-state index contributed by atoms with van der Waals surface area (Å²) >= 11 is 0. The molecule has 0 unspecified atom stereocenters. The number of hydrogen-bond acceptors (Lipinski definition) is 4. The molecule has 0 aromatic carbocycles. The third-order valence-electron chi connectivity index (χ3n) is 1.89. The molecule has 2 heterocycles. The van der Waals surface area contributed by atoms with Crippen LogP contribution in [0.4, 0.5) is 0 Å². The van der Waals surface area contributed by atoms with Crippen LogP contribution < -0.4 is 0 Å². The number of hydrogen-bond donors (Lipinski definition) is 0. The van der Waals surface area contributed by atoms with Crippen LogP contribution in [0, 0.1) is 25.2 Å². The van der Waals surface area contributed by atoms with E-state index in [1.165, 1.54) is 10.9 Å². The summed E-state index contributed by atoms with van der Waals surface area (Å²) in [6.45, 7) is 3.79. The van der Waals surface area contributed by atoms with Crippen LogP contribution in [-0.2, 0) is 0 Å². The number of aryl methyl sites for hydroxylation is 2. The minimum Gasteiger partial charge on any atom is -0.216 e. The van der Waals surface area contributed by atoms with Gasteiger partial charge in [-0.25, -0.2) is 14.6 Å². The highest BCUT2D eigenvalue weighted by molar-refractivity contribution is 5.26. The average molecular weight is 199 g/mol. The van der Waals surface area contributed by atoms with Gasteiger partial charge in [0.2, 0.25) is 0 Å². The zero-order valence-electron chi connectivity index (χ0n) is 8.47. The van der Waals surface area contributed by atoms with Crippen LogP contribution in [0.3, 0.4) is 0 Å². The summed E-state index contributed by atoms with van der Waals surface area (Å²) in [6.07, 6.45) is 3.09. The van der Waals surface area contributed by atoms with Crippen molar-refractivity contribution in [1.29, 1.82) is 5.26 Å². The van der Waals surface area contributed by atoms with Crippen molar-refractivity contribution in [3.05, 3.63) is 35.4 Å². The summed E-state index contributed by atoms with van der Waals surface area (Å²) in [4.78, 5) is 8.46. The average Bonchev–Trinajstić information content (AvgIpc) is 2.64. The van der Waals surface area contributed by atoms with E-state index in [-0.39, 0.29) is 0 Å². The monoisotopic (exact) mass is 199 g/mol. The fourth-order valence-electron chi connectivity index (χ4n) is 1.30. The van der Waals surface area contributed by atoms with Crippen molar-refractivity contribution >= 4 is 0 Å². The molecule has 74 valence electrons. The molecule has 0 atom stereocenters. The SMILES string of the molecule is Cc1cc(C)nc(-n2cc(C#N)cn2)n1. The Morgan fingerprint density at radius 2 is 1.93 bits per heavy atom. The first-order valence-corrected chi connectivity index (χ1v) is 4.46. The van der Waals surface area contributed by atoms with Crippen LogP contribution in [0.25, 0.3) is 5.95 Å². The predicted molar refractivity (Wildman–Crippen MR) is 53.3 cm³/mol. The largest absolute Gasteiger partial charge is 0.250 e. The maximum atomic E-state index is 8.66. The van der Waals surface area contributed by atoms with Gasteiger partial charge in [-0.3, -0.25) is 0 Å². The summed E-state index contributed by atoms with van der Waals surface area (Å²) in [6, 6.07) is 3.89. The lowest BCUT2D eigenvalue weighted by Gasteiger charge is -2.01. The minimum absolute atomic E-state index is 0.494. The standard InChI is InChI=1S/C10H9N5/c1-7-3-8(2)14-10(13-7)15-6-9(4-11)5-12-15/h3,5-6H,1-2H3. The summed E-state index contributed by atoms with van der Waals surface area (Å²) in [5, 5.41) is 12.7. The van der Waals surface area contributed by atoms with Gasteiger partial charge in [0, 0.05) is 11.4 Å². The van der Waals surface area contributed by atoms with E-state index in [2.05, 4.69) is 15.1 Å². The molecule has 0 radical (unpaired) electrons. The second-order valence-corrected chi connectivity index (χ2v) is 3.24. The summed E-state index contributed by atoms with van der Waals surface area (Å²) in [5.41, 5.74) is 2.26. The van der Waals surface area contributed by atoms with Gasteiger partial charge in [0.1, 0.15) is 6.07 Å². The lowest BCUT2D eigenvalue weighted by molar-refractivity contribution is 0.793. The molecule has 2 aromatic rings. The van der Waals surface area contributed by atoms with Crippen LogP contribution in [-0.4, -0.2) is 19.7 Å². The molecule has 2 aromatic heterocycles. The fraction of sp³-hybridized carbons (Fsp3) is 0.200. The van der Waals surface area contributed by atoms with Crippen LogP contribution in [0.15, 0.2) is 18.5 Å². The van der Waals surface area contributed by atoms with Gasteiger partial charge in [-0.05, 0) is 19.9 Å². The zero-order valence-corrected chi connectivity index (χ0v) is 8.47. The smallest absolute Gasteiger partial charge is 0.216 e. The third-order valence-corrected chi connectivity index (χ3v) is 1.89. The second-order valence-electron chi connectivity index (χ2n) is 3.24. The van der Waals surface area contributed by atoms with E-state index in [0.717, 1.165) is 11.4 Å². The van der Waals surface area contributed by atoms with Crippen molar-refractivity contribution in [2.45, 2.75) is 13.8 Å². The first kappa shape index (κ1) is 9.34. The first-order valence-electron chi connectivity index (χ1n) is 4.46. The number of nitriles is 1. The van der Waals surface area contributed by atoms with E-state index in [1.54, 1.807) is 6.20 Å². The molecule has 0 aliphatic heterocycles. The number of aromatic nitrogens is 4. The highest BCUT2D eigenvalue weighted by Gasteiger charge is 2.04. The lowest BCUT2D eigenvalue weighted by Crippen LogP contribution is -2.03. The molecule has 0 fully saturated rings. The van der Waals surface area contributed by atoms with Crippen molar-refractivity contribution in [2.24, 2.45) is 0 Å². The Labute approximate surface area is 87.0 Å². The van der Waals surface area contributed by atoms with Crippen LogP contribution in [0.5, 0.6) is 0 Å². The Hall–Kier alpha value is -2.22. The molecule has 0 saturated carbocycles. The van der Waals surface area contributed by atoms with Gasteiger partial charge in [0.25, 0.3) is 5.95 Å². The van der Waals surface area contributed by atoms with Gasteiger partial charge in [-0.1, -0.05) is 0 Å². The Balaban J connectivity index is 2.50.